The highest BCUT2D eigenvalue weighted by atomic mass is 35.5. The standard InChI is InChI=1S/C12H13Cl3N2O2/c13-8-5-10(15)11(6-9(8)14)16-12(18)7-17-1-3-19-4-2-17/h5-6H,1-4,7H2,(H,16,18). The van der Waals surface area contributed by atoms with E-state index in [9.17, 15) is 4.79 Å². The van der Waals surface area contributed by atoms with Crippen molar-refractivity contribution in [1.29, 1.82) is 0 Å². The number of carbonyl (C=O) groups is 1. The fourth-order valence-corrected chi connectivity index (χ4v) is 2.36. The van der Waals surface area contributed by atoms with E-state index in [4.69, 9.17) is 39.5 Å². The van der Waals surface area contributed by atoms with Crippen molar-refractivity contribution >= 4 is 46.4 Å². The van der Waals surface area contributed by atoms with E-state index in [1.807, 2.05) is 4.90 Å². The molecule has 1 aliphatic heterocycles. The van der Waals surface area contributed by atoms with Crippen molar-refractivity contribution in [2.45, 2.75) is 0 Å². The van der Waals surface area contributed by atoms with Crippen molar-refractivity contribution in [3.05, 3.63) is 27.2 Å². The molecule has 19 heavy (non-hydrogen) atoms. The summed E-state index contributed by atoms with van der Waals surface area (Å²) in [6, 6.07) is 3.05. The SMILES string of the molecule is O=C(CN1CCOCC1)Nc1cc(Cl)c(Cl)cc1Cl. The zero-order valence-electron chi connectivity index (χ0n) is 10.1. The number of halogens is 3. The Hall–Kier alpha value is -0.520. The van der Waals surface area contributed by atoms with Gasteiger partial charge in [-0.25, -0.2) is 0 Å². The average Bonchev–Trinajstić information content (AvgIpc) is 2.37. The minimum absolute atomic E-state index is 0.137. The molecule has 0 saturated carbocycles. The molecule has 0 aromatic heterocycles. The highest BCUT2D eigenvalue weighted by Gasteiger charge is 2.15. The summed E-state index contributed by atoms with van der Waals surface area (Å²) in [4.78, 5) is 13.9. The number of benzene rings is 1. The molecule has 7 heteroatoms. The molecule has 1 amide bonds. The van der Waals surface area contributed by atoms with Crippen LogP contribution in [-0.4, -0.2) is 43.7 Å². The third-order valence-electron chi connectivity index (χ3n) is 2.75. The third-order valence-corrected chi connectivity index (χ3v) is 3.79. The largest absolute Gasteiger partial charge is 0.379 e. The summed E-state index contributed by atoms with van der Waals surface area (Å²) < 4.78 is 5.22. The zero-order valence-corrected chi connectivity index (χ0v) is 12.4. The maximum Gasteiger partial charge on any atom is 0.238 e. The molecule has 4 nitrogen and oxygen atoms in total. The Morgan fingerprint density at radius 3 is 2.47 bits per heavy atom. The van der Waals surface area contributed by atoms with Crippen LogP contribution < -0.4 is 5.32 Å². The van der Waals surface area contributed by atoms with Gasteiger partial charge in [-0.05, 0) is 12.1 Å². The highest BCUT2D eigenvalue weighted by Crippen LogP contribution is 2.32. The van der Waals surface area contributed by atoms with Crippen LogP contribution in [0.25, 0.3) is 0 Å². The first kappa shape index (κ1) is 14.9. The number of rotatable bonds is 3. The second kappa shape index (κ2) is 6.77. The quantitative estimate of drug-likeness (QED) is 0.870. The normalized spacial score (nSPS) is 16.4. The lowest BCUT2D eigenvalue weighted by molar-refractivity contribution is -0.118. The Bertz CT molecular complexity index is 476. The van der Waals surface area contributed by atoms with Crippen LogP contribution in [0.4, 0.5) is 5.69 Å². The van der Waals surface area contributed by atoms with E-state index in [0.29, 0.717) is 40.5 Å². The molecule has 104 valence electrons. The third kappa shape index (κ3) is 4.23. The maximum absolute atomic E-state index is 11.9. The lowest BCUT2D eigenvalue weighted by Gasteiger charge is -2.25. The summed E-state index contributed by atoms with van der Waals surface area (Å²) in [5.74, 6) is -0.137. The van der Waals surface area contributed by atoms with E-state index < -0.39 is 0 Å². The number of ether oxygens (including phenoxy) is 1. The average molecular weight is 324 g/mol. The Labute approximate surface area is 126 Å². The second-order valence-electron chi connectivity index (χ2n) is 4.18. The fraction of sp³-hybridized carbons (Fsp3) is 0.417. The molecular formula is C12H13Cl3N2O2. The molecule has 2 rings (SSSR count). The first-order chi connectivity index (χ1) is 9.06. The van der Waals surface area contributed by atoms with Gasteiger partial charge in [0.25, 0.3) is 0 Å². The van der Waals surface area contributed by atoms with Crippen molar-refractivity contribution in [1.82, 2.24) is 4.90 Å². The molecule has 1 N–H and O–H groups in total. The Morgan fingerprint density at radius 2 is 1.79 bits per heavy atom. The Balaban J connectivity index is 1.96. The summed E-state index contributed by atoms with van der Waals surface area (Å²) in [6.45, 7) is 3.12. The first-order valence-corrected chi connectivity index (χ1v) is 6.94. The van der Waals surface area contributed by atoms with Crippen molar-refractivity contribution in [2.24, 2.45) is 0 Å². The van der Waals surface area contributed by atoms with E-state index in [0.717, 1.165) is 13.1 Å². The van der Waals surface area contributed by atoms with Crippen LogP contribution in [0.5, 0.6) is 0 Å². The maximum atomic E-state index is 11.9. The summed E-state index contributed by atoms with van der Waals surface area (Å²) >= 11 is 17.7. The van der Waals surface area contributed by atoms with Crippen LogP contribution in [0.2, 0.25) is 15.1 Å². The molecule has 1 aliphatic rings. The van der Waals surface area contributed by atoms with Gasteiger partial charge in [0.1, 0.15) is 0 Å². The van der Waals surface area contributed by atoms with Gasteiger partial charge in [0, 0.05) is 13.1 Å². The van der Waals surface area contributed by atoms with Crippen molar-refractivity contribution in [3.8, 4) is 0 Å². The van der Waals surface area contributed by atoms with Gasteiger partial charge in [-0.15, -0.1) is 0 Å². The van der Waals surface area contributed by atoms with E-state index >= 15 is 0 Å². The molecule has 0 atom stereocenters. The first-order valence-electron chi connectivity index (χ1n) is 5.81. The predicted octanol–water partition coefficient (Wildman–Crippen LogP) is 2.92. The van der Waals surface area contributed by atoms with E-state index in [2.05, 4.69) is 5.32 Å². The summed E-state index contributed by atoms with van der Waals surface area (Å²) in [6.07, 6.45) is 0. The molecular weight excluding hydrogens is 311 g/mol. The summed E-state index contributed by atoms with van der Waals surface area (Å²) in [5, 5.41) is 3.81. The van der Waals surface area contributed by atoms with Crippen molar-refractivity contribution < 1.29 is 9.53 Å². The van der Waals surface area contributed by atoms with Gasteiger partial charge < -0.3 is 10.1 Å². The smallest absolute Gasteiger partial charge is 0.238 e. The van der Waals surface area contributed by atoms with Gasteiger partial charge in [0.2, 0.25) is 5.91 Å². The molecule has 0 spiro atoms. The number of anilines is 1. The van der Waals surface area contributed by atoms with Crippen LogP contribution in [0.15, 0.2) is 12.1 Å². The molecule has 1 fully saturated rings. The van der Waals surface area contributed by atoms with Crippen LogP contribution in [0.1, 0.15) is 0 Å². The lowest BCUT2D eigenvalue weighted by atomic mass is 10.3. The number of morpholine rings is 1. The molecule has 0 bridgehead atoms. The van der Waals surface area contributed by atoms with Crippen LogP contribution in [0.3, 0.4) is 0 Å². The van der Waals surface area contributed by atoms with E-state index in [1.165, 1.54) is 6.07 Å². The molecule has 1 aromatic rings. The lowest BCUT2D eigenvalue weighted by Crippen LogP contribution is -2.41. The molecule has 1 heterocycles. The van der Waals surface area contributed by atoms with Gasteiger partial charge >= 0.3 is 0 Å². The number of carbonyl (C=O) groups excluding carboxylic acids is 1. The fourth-order valence-electron chi connectivity index (χ4n) is 1.77. The van der Waals surface area contributed by atoms with Crippen LogP contribution in [-0.2, 0) is 9.53 Å². The van der Waals surface area contributed by atoms with Crippen LogP contribution in [0, 0.1) is 0 Å². The summed E-state index contributed by atoms with van der Waals surface area (Å²) in [7, 11) is 0. The van der Waals surface area contributed by atoms with Gasteiger partial charge in [0.15, 0.2) is 0 Å². The number of hydrogen-bond donors (Lipinski definition) is 1. The zero-order chi connectivity index (χ0) is 13.8. The highest BCUT2D eigenvalue weighted by molar-refractivity contribution is 6.44. The molecule has 0 unspecified atom stereocenters. The van der Waals surface area contributed by atoms with Gasteiger partial charge in [0.05, 0.1) is 40.5 Å². The topological polar surface area (TPSA) is 41.6 Å². The predicted molar refractivity (Wildman–Crippen MR) is 77.4 cm³/mol. The molecule has 1 aromatic carbocycles. The van der Waals surface area contributed by atoms with E-state index in [1.54, 1.807) is 6.07 Å². The number of nitrogens with zero attached hydrogens (tertiary/aromatic N) is 1. The Kier molecular flexibility index (Phi) is 5.30. The molecule has 0 aliphatic carbocycles. The molecule has 0 radical (unpaired) electrons. The minimum atomic E-state index is -0.137. The molecule has 1 saturated heterocycles. The number of amides is 1. The Morgan fingerprint density at radius 1 is 1.16 bits per heavy atom. The summed E-state index contributed by atoms with van der Waals surface area (Å²) in [5.41, 5.74) is 0.467. The minimum Gasteiger partial charge on any atom is -0.379 e. The second-order valence-corrected chi connectivity index (χ2v) is 5.40. The van der Waals surface area contributed by atoms with Gasteiger partial charge in [-0.3, -0.25) is 9.69 Å². The number of nitrogens with one attached hydrogen (secondary N) is 1. The monoisotopic (exact) mass is 322 g/mol. The van der Waals surface area contributed by atoms with Gasteiger partial charge in [-0.2, -0.15) is 0 Å². The number of hydrogen-bond acceptors (Lipinski definition) is 3. The van der Waals surface area contributed by atoms with Crippen molar-refractivity contribution in [2.75, 3.05) is 38.2 Å². The van der Waals surface area contributed by atoms with Gasteiger partial charge in [-0.1, -0.05) is 34.8 Å². The van der Waals surface area contributed by atoms with Crippen molar-refractivity contribution in [3.63, 3.8) is 0 Å². The van der Waals surface area contributed by atoms with Crippen LogP contribution >= 0.6 is 34.8 Å². The van der Waals surface area contributed by atoms with E-state index in [-0.39, 0.29) is 5.91 Å².